The standard InChI is InChI=1S/C15H12N2O3/c18-14(12-6-2-1-3-7-12)17-16-10-11-5-4-8-13(9-11)15(19)20/h1-10H,(H,17,18)(H,19,20). The van der Waals surface area contributed by atoms with E-state index in [1.54, 1.807) is 36.4 Å². The molecule has 0 aliphatic rings. The van der Waals surface area contributed by atoms with E-state index >= 15 is 0 Å². The van der Waals surface area contributed by atoms with E-state index in [4.69, 9.17) is 5.11 Å². The first-order valence-electron chi connectivity index (χ1n) is 5.88. The van der Waals surface area contributed by atoms with Crippen LogP contribution in [0.5, 0.6) is 0 Å². The lowest BCUT2D eigenvalue weighted by atomic mass is 10.1. The summed E-state index contributed by atoms with van der Waals surface area (Å²) in [5, 5.41) is 12.7. The molecule has 0 radical (unpaired) electrons. The highest BCUT2D eigenvalue weighted by Gasteiger charge is 2.03. The van der Waals surface area contributed by atoms with Crippen LogP contribution >= 0.6 is 0 Å². The molecule has 0 heterocycles. The maximum Gasteiger partial charge on any atom is 0.335 e. The monoisotopic (exact) mass is 268 g/mol. The van der Waals surface area contributed by atoms with Crippen LogP contribution in [0.4, 0.5) is 0 Å². The minimum absolute atomic E-state index is 0.170. The molecular formula is C15H12N2O3. The predicted octanol–water partition coefficient (Wildman–Crippen LogP) is 2.15. The topological polar surface area (TPSA) is 78.8 Å². The molecule has 0 aromatic heterocycles. The van der Waals surface area contributed by atoms with E-state index in [1.165, 1.54) is 18.3 Å². The van der Waals surface area contributed by atoms with Crippen LogP contribution < -0.4 is 5.43 Å². The van der Waals surface area contributed by atoms with Crippen LogP contribution in [0.2, 0.25) is 0 Å². The van der Waals surface area contributed by atoms with Gasteiger partial charge in [0.1, 0.15) is 0 Å². The molecule has 2 aromatic carbocycles. The van der Waals surface area contributed by atoms with E-state index < -0.39 is 5.97 Å². The molecule has 5 nitrogen and oxygen atoms in total. The zero-order valence-electron chi connectivity index (χ0n) is 10.5. The third-order valence-electron chi connectivity index (χ3n) is 2.55. The van der Waals surface area contributed by atoms with Gasteiger partial charge in [0.05, 0.1) is 11.8 Å². The number of hydrogen-bond acceptors (Lipinski definition) is 3. The van der Waals surface area contributed by atoms with E-state index in [0.717, 1.165) is 0 Å². The number of carboxylic acid groups (broad SMARTS) is 1. The van der Waals surface area contributed by atoms with Crippen LogP contribution in [-0.2, 0) is 0 Å². The molecule has 1 amide bonds. The Morgan fingerprint density at radius 2 is 1.70 bits per heavy atom. The molecule has 5 heteroatoms. The Morgan fingerprint density at radius 3 is 2.40 bits per heavy atom. The van der Waals surface area contributed by atoms with E-state index in [0.29, 0.717) is 11.1 Å². The van der Waals surface area contributed by atoms with Gasteiger partial charge in [0.25, 0.3) is 5.91 Å². The molecule has 0 unspecified atom stereocenters. The van der Waals surface area contributed by atoms with Gasteiger partial charge in [-0.25, -0.2) is 10.2 Å². The summed E-state index contributed by atoms with van der Waals surface area (Å²) in [7, 11) is 0. The first kappa shape index (κ1) is 13.5. The van der Waals surface area contributed by atoms with Crippen LogP contribution in [0.1, 0.15) is 26.3 Å². The van der Waals surface area contributed by atoms with Crippen molar-refractivity contribution in [2.75, 3.05) is 0 Å². The summed E-state index contributed by atoms with van der Waals surface area (Å²) in [6.07, 6.45) is 1.40. The molecule has 2 aromatic rings. The largest absolute Gasteiger partial charge is 0.478 e. The minimum Gasteiger partial charge on any atom is -0.478 e. The SMILES string of the molecule is O=C(O)c1cccc(C=NNC(=O)c2ccccc2)c1. The van der Waals surface area contributed by atoms with Crippen LogP contribution in [-0.4, -0.2) is 23.2 Å². The lowest BCUT2D eigenvalue weighted by molar-refractivity contribution is 0.0696. The van der Waals surface area contributed by atoms with Crippen molar-refractivity contribution < 1.29 is 14.7 Å². The number of amides is 1. The summed E-state index contributed by atoms with van der Waals surface area (Å²) in [5.74, 6) is -1.33. The van der Waals surface area contributed by atoms with Gasteiger partial charge in [-0.1, -0.05) is 30.3 Å². The van der Waals surface area contributed by atoms with Gasteiger partial charge in [-0.3, -0.25) is 4.79 Å². The molecule has 0 atom stereocenters. The van der Waals surface area contributed by atoms with Crippen molar-refractivity contribution >= 4 is 18.1 Å². The fraction of sp³-hybridized carbons (Fsp3) is 0. The first-order chi connectivity index (χ1) is 9.66. The maximum atomic E-state index is 11.7. The number of nitrogens with one attached hydrogen (secondary N) is 1. The molecule has 0 bridgehead atoms. The summed E-state index contributed by atoms with van der Waals surface area (Å²) in [6, 6.07) is 15.0. The molecule has 2 rings (SSSR count). The quantitative estimate of drug-likeness (QED) is 0.658. The number of carboxylic acids is 1. The molecule has 0 fully saturated rings. The Bertz CT molecular complexity index is 651. The molecule has 0 aliphatic carbocycles. The Balaban J connectivity index is 2.02. The van der Waals surface area contributed by atoms with Crippen molar-refractivity contribution in [3.8, 4) is 0 Å². The number of rotatable bonds is 4. The number of aromatic carboxylic acids is 1. The van der Waals surface area contributed by atoms with Crippen LogP contribution in [0, 0.1) is 0 Å². The van der Waals surface area contributed by atoms with Crippen LogP contribution in [0.15, 0.2) is 59.7 Å². The van der Waals surface area contributed by atoms with Crippen molar-refractivity contribution in [1.29, 1.82) is 0 Å². The maximum absolute atomic E-state index is 11.7. The van der Waals surface area contributed by atoms with Gasteiger partial charge in [-0.2, -0.15) is 5.10 Å². The smallest absolute Gasteiger partial charge is 0.335 e. The summed E-state index contributed by atoms with van der Waals surface area (Å²) in [4.78, 5) is 22.5. The van der Waals surface area contributed by atoms with Crippen molar-refractivity contribution in [1.82, 2.24) is 5.43 Å². The van der Waals surface area contributed by atoms with Gasteiger partial charge in [-0.15, -0.1) is 0 Å². The van der Waals surface area contributed by atoms with Gasteiger partial charge in [-0.05, 0) is 29.8 Å². The van der Waals surface area contributed by atoms with Crippen molar-refractivity contribution in [3.05, 3.63) is 71.3 Å². The van der Waals surface area contributed by atoms with Crippen molar-refractivity contribution in [3.63, 3.8) is 0 Å². The second-order valence-electron chi connectivity index (χ2n) is 4.00. The average Bonchev–Trinajstić information content (AvgIpc) is 2.48. The summed E-state index contributed by atoms with van der Waals surface area (Å²) >= 11 is 0. The van der Waals surface area contributed by atoms with E-state index in [2.05, 4.69) is 10.5 Å². The number of hydrazone groups is 1. The fourth-order valence-corrected chi connectivity index (χ4v) is 1.57. The number of nitrogens with zero attached hydrogens (tertiary/aromatic N) is 1. The normalized spacial score (nSPS) is 10.4. The van der Waals surface area contributed by atoms with Gasteiger partial charge in [0, 0.05) is 5.56 Å². The zero-order chi connectivity index (χ0) is 14.4. The number of carbonyl (C=O) groups excluding carboxylic acids is 1. The van der Waals surface area contributed by atoms with Crippen LogP contribution in [0.3, 0.4) is 0 Å². The fourth-order valence-electron chi connectivity index (χ4n) is 1.57. The first-order valence-corrected chi connectivity index (χ1v) is 5.88. The molecule has 0 spiro atoms. The Morgan fingerprint density at radius 1 is 1.00 bits per heavy atom. The van der Waals surface area contributed by atoms with Crippen LogP contribution in [0.25, 0.3) is 0 Å². The van der Waals surface area contributed by atoms with Crippen molar-refractivity contribution in [2.45, 2.75) is 0 Å². The predicted molar refractivity (Wildman–Crippen MR) is 74.9 cm³/mol. The molecule has 100 valence electrons. The molecular weight excluding hydrogens is 256 g/mol. The third-order valence-corrected chi connectivity index (χ3v) is 2.55. The molecule has 0 saturated heterocycles. The van der Waals surface area contributed by atoms with E-state index in [9.17, 15) is 9.59 Å². The number of benzene rings is 2. The molecule has 0 aliphatic heterocycles. The highest BCUT2D eigenvalue weighted by atomic mass is 16.4. The second kappa shape index (κ2) is 6.29. The minimum atomic E-state index is -1.01. The Kier molecular flexibility index (Phi) is 4.24. The van der Waals surface area contributed by atoms with Gasteiger partial charge in [0.2, 0.25) is 0 Å². The summed E-state index contributed by atoms with van der Waals surface area (Å²) in [6.45, 7) is 0. The van der Waals surface area contributed by atoms with E-state index in [-0.39, 0.29) is 11.5 Å². The summed E-state index contributed by atoms with van der Waals surface area (Å²) < 4.78 is 0. The highest BCUT2D eigenvalue weighted by molar-refractivity contribution is 5.95. The number of hydrogen-bond donors (Lipinski definition) is 2. The molecule has 20 heavy (non-hydrogen) atoms. The molecule has 2 N–H and O–H groups in total. The van der Waals surface area contributed by atoms with Gasteiger partial charge >= 0.3 is 5.97 Å². The lowest BCUT2D eigenvalue weighted by Gasteiger charge is -1.99. The third kappa shape index (κ3) is 3.52. The zero-order valence-corrected chi connectivity index (χ0v) is 10.5. The Labute approximate surface area is 115 Å². The Hall–Kier alpha value is -2.95. The van der Waals surface area contributed by atoms with Crippen molar-refractivity contribution in [2.24, 2.45) is 5.10 Å². The summed E-state index contributed by atoms with van der Waals surface area (Å²) in [5.41, 5.74) is 3.65. The highest BCUT2D eigenvalue weighted by Crippen LogP contribution is 2.03. The number of carbonyl (C=O) groups is 2. The van der Waals surface area contributed by atoms with E-state index in [1.807, 2.05) is 6.07 Å². The van der Waals surface area contributed by atoms with Gasteiger partial charge < -0.3 is 5.11 Å². The average molecular weight is 268 g/mol. The lowest BCUT2D eigenvalue weighted by Crippen LogP contribution is -2.17. The van der Waals surface area contributed by atoms with Gasteiger partial charge in [0.15, 0.2) is 0 Å². The second-order valence-corrected chi connectivity index (χ2v) is 4.00. The molecule has 0 saturated carbocycles.